The molecule has 0 bridgehead atoms. The van der Waals surface area contributed by atoms with Crippen molar-refractivity contribution in [3.63, 3.8) is 0 Å². The molecule has 1 unspecified atom stereocenters. The number of allylic oxidation sites excluding steroid dienone is 12. The molecule has 0 saturated heterocycles. The minimum atomic E-state index is -0.792. The molecule has 0 aromatic carbocycles. The number of carbonyl (C=O) groups is 3. The van der Waals surface area contributed by atoms with Crippen LogP contribution in [0.25, 0.3) is 0 Å². The largest absolute Gasteiger partial charge is 0.462 e. The lowest BCUT2D eigenvalue weighted by molar-refractivity contribution is -0.167. The zero-order valence-electron chi connectivity index (χ0n) is 40.6. The van der Waals surface area contributed by atoms with Gasteiger partial charge in [0.2, 0.25) is 0 Å². The first-order chi connectivity index (χ1) is 30.5. The molecular weight excluding hydrogens is 769 g/mol. The number of unbranched alkanes of at least 4 members (excludes halogenated alkanes) is 27. The van der Waals surface area contributed by atoms with E-state index in [2.05, 4.69) is 93.7 Å². The Morgan fingerprint density at radius 1 is 0.339 bits per heavy atom. The van der Waals surface area contributed by atoms with Crippen molar-refractivity contribution in [2.45, 2.75) is 252 Å². The first-order valence-electron chi connectivity index (χ1n) is 26.0. The van der Waals surface area contributed by atoms with Gasteiger partial charge >= 0.3 is 17.9 Å². The van der Waals surface area contributed by atoms with E-state index < -0.39 is 6.10 Å². The van der Waals surface area contributed by atoms with Gasteiger partial charge in [-0.05, 0) is 57.8 Å². The van der Waals surface area contributed by atoms with Crippen molar-refractivity contribution in [1.82, 2.24) is 0 Å². The molecule has 0 aliphatic rings. The Hall–Kier alpha value is -3.15. The average Bonchev–Trinajstić information content (AvgIpc) is 3.27. The molecule has 62 heavy (non-hydrogen) atoms. The Labute approximate surface area is 382 Å². The summed E-state index contributed by atoms with van der Waals surface area (Å²) in [5, 5.41) is 0. The van der Waals surface area contributed by atoms with E-state index in [0.29, 0.717) is 19.3 Å². The molecule has 0 rings (SSSR count). The Morgan fingerprint density at radius 3 is 0.968 bits per heavy atom. The lowest BCUT2D eigenvalue weighted by Crippen LogP contribution is -2.30. The quantitative estimate of drug-likeness (QED) is 0.0262. The molecule has 0 N–H and O–H groups in total. The topological polar surface area (TPSA) is 78.9 Å². The number of esters is 3. The maximum Gasteiger partial charge on any atom is 0.306 e. The monoisotopic (exact) mass is 865 g/mol. The van der Waals surface area contributed by atoms with Crippen LogP contribution in [-0.4, -0.2) is 37.2 Å². The van der Waals surface area contributed by atoms with Gasteiger partial charge in [0.25, 0.3) is 0 Å². The first-order valence-corrected chi connectivity index (χ1v) is 26.0. The smallest absolute Gasteiger partial charge is 0.306 e. The summed E-state index contributed by atoms with van der Waals surface area (Å²) in [5.41, 5.74) is 0. The third kappa shape index (κ3) is 47.9. The summed E-state index contributed by atoms with van der Waals surface area (Å²) in [6.45, 7) is 6.35. The fourth-order valence-electron chi connectivity index (χ4n) is 7.21. The number of ether oxygens (including phenoxy) is 3. The summed E-state index contributed by atoms with van der Waals surface area (Å²) in [6.07, 6.45) is 63.2. The molecule has 0 heterocycles. The standard InChI is InChI=1S/C56H96O6/c1-4-7-10-13-16-19-22-25-26-27-28-29-32-34-37-40-43-46-49-55(58)61-52-53(62-56(59)50-47-44-41-38-35-31-24-21-18-15-12-9-6-3)51-60-54(57)48-45-42-39-36-33-30-23-20-17-14-11-8-5-2/h8-9,11-12,14-15,17-18,20-21,23-24,53H,4-7,10,13,16,19,22,25-52H2,1-3H3/b11-8+,12-9+,17-14+,18-15+,23-20+,24-21+. The molecule has 0 aliphatic carbocycles. The SMILES string of the molecule is CC/C=C/C=C/C=C/CCCCCCCC(=O)OCC(COC(=O)CCCCCCCCCCCCCCCCCCCC)OC(=O)CCCCCCC/C=C/C=C/C=C/CC. The predicted octanol–water partition coefficient (Wildman–Crippen LogP) is 17.0. The van der Waals surface area contributed by atoms with Crippen molar-refractivity contribution in [2.24, 2.45) is 0 Å². The summed E-state index contributed by atoms with van der Waals surface area (Å²) in [6, 6.07) is 0. The van der Waals surface area contributed by atoms with Gasteiger partial charge in [-0.3, -0.25) is 14.4 Å². The van der Waals surface area contributed by atoms with Crippen molar-refractivity contribution in [2.75, 3.05) is 13.2 Å². The van der Waals surface area contributed by atoms with Gasteiger partial charge in [0.05, 0.1) is 0 Å². The van der Waals surface area contributed by atoms with Crippen LogP contribution >= 0.6 is 0 Å². The van der Waals surface area contributed by atoms with E-state index in [1.165, 1.54) is 96.3 Å². The van der Waals surface area contributed by atoms with Crippen LogP contribution in [0.1, 0.15) is 245 Å². The molecule has 356 valence electrons. The van der Waals surface area contributed by atoms with E-state index in [1.54, 1.807) is 0 Å². The third-order valence-corrected chi connectivity index (χ3v) is 11.1. The van der Waals surface area contributed by atoms with Crippen molar-refractivity contribution in [3.8, 4) is 0 Å². The van der Waals surface area contributed by atoms with E-state index in [4.69, 9.17) is 14.2 Å². The normalized spacial score (nSPS) is 12.6. The minimum absolute atomic E-state index is 0.0891. The molecule has 0 aromatic heterocycles. The van der Waals surface area contributed by atoms with E-state index in [9.17, 15) is 14.4 Å². The predicted molar refractivity (Wildman–Crippen MR) is 265 cm³/mol. The van der Waals surface area contributed by atoms with E-state index in [0.717, 1.165) is 109 Å². The summed E-state index contributed by atoms with van der Waals surface area (Å²) in [4.78, 5) is 38.0. The fraction of sp³-hybridized carbons (Fsp3) is 0.732. The van der Waals surface area contributed by atoms with Crippen molar-refractivity contribution < 1.29 is 28.6 Å². The van der Waals surface area contributed by atoms with Gasteiger partial charge in [0.15, 0.2) is 6.10 Å². The van der Waals surface area contributed by atoms with Gasteiger partial charge in [0, 0.05) is 19.3 Å². The van der Waals surface area contributed by atoms with Crippen LogP contribution in [0, 0.1) is 0 Å². The number of rotatable bonds is 46. The molecule has 0 fully saturated rings. The molecule has 6 nitrogen and oxygen atoms in total. The Kier molecular flexibility index (Phi) is 47.9. The number of hydrogen-bond donors (Lipinski definition) is 0. The van der Waals surface area contributed by atoms with Gasteiger partial charge in [-0.1, -0.05) is 241 Å². The molecule has 1 atom stereocenters. The van der Waals surface area contributed by atoms with E-state index in [-0.39, 0.29) is 31.1 Å². The molecular formula is C56H96O6. The highest BCUT2D eigenvalue weighted by atomic mass is 16.6. The second-order valence-electron chi connectivity index (χ2n) is 17.2. The second kappa shape index (κ2) is 50.5. The first kappa shape index (κ1) is 58.9. The van der Waals surface area contributed by atoms with Crippen LogP contribution in [0.5, 0.6) is 0 Å². The minimum Gasteiger partial charge on any atom is -0.462 e. The van der Waals surface area contributed by atoms with E-state index in [1.807, 2.05) is 0 Å². The molecule has 0 saturated carbocycles. The van der Waals surface area contributed by atoms with Crippen LogP contribution < -0.4 is 0 Å². The summed E-state index contributed by atoms with van der Waals surface area (Å²) >= 11 is 0. The third-order valence-electron chi connectivity index (χ3n) is 11.1. The molecule has 0 aliphatic heterocycles. The summed E-state index contributed by atoms with van der Waals surface area (Å²) in [5.74, 6) is -0.928. The van der Waals surface area contributed by atoms with Crippen molar-refractivity contribution in [3.05, 3.63) is 72.9 Å². The summed E-state index contributed by atoms with van der Waals surface area (Å²) < 4.78 is 16.8. The maximum atomic E-state index is 12.8. The Morgan fingerprint density at radius 2 is 0.629 bits per heavy atom. The maximum absolute atomic E-state index is 12.8. The van der Waals surface area contributed by atoms with Crippen molar-refractivity contribution >= 4 is 17.9 Å². The van der Waals surface area contributed by atoms with Crippen LogP contribution in [0.2, 0.25) is 0 Å². The number of hydrogen-bond acceptors (Lipinski definition) is 6. The molecule has 0 spiro atoms. The van der Waals surface area contributed by atoms with Crippen molar-refractivity contribution in [1.29, 1.82) is 0 Å². The summed E-state index contributed by atoms with van der Waals surface area (Å²) in [7, 11) is 0. The highest BCUT2D eigenvalue weighted by molar-refractivity contribution is 5.71. The zero-order valence-corrected chi connectivity index (χ0v) is 40.6. The molecule has 0 aromatic rings. The van der Waals surface area contributed by atoms with Crippen LogP contribution in [-0.2, 0) is 28.6 Å². The second-order valence-corrected chi connectivity index (χ2v) is 17.2. The van der Waals surface area contributed by atoms with Gasteiger partial charge in [-0.25, -0.2) is 0 Å². The van der Waals surface area contributed by atoms with Gasteiger partial charge in [-0.15, -0.1) is 0 Å². The lowest BCUT2D eigenvalue weighted by Gasteiger charge is -2.18. The number of carbonyl (C=O) groups excluding carboxylic acids is 3. The van der Waals surface area contributed by atoms with Gasteiger partial charge < -0.3 is 14.2 Å². The Balaban J connectivity index is 4.37. The zero-order chi connectivity index (χ0) is 45.1. The Bertz CT molecular complexity index is 1180. The molecule has 0 amide bonds. The van der Waals surface area contributed by atoms with Crippen LogP contribution in [0.15, 0.2) is 72.9 Å². The lowest BCUT2D eigenvalue weighted by atomic mass is 10.0. The fourth-order valence-corrected chi connectivity index (χ4v) is 7.21. The van der Waals surface area contributed by atoms with Gasteiger partial charge in [-0.2, -0.15) is 0 Å². The van der Waals surface area contributed by atoms with Crippen LogP contribution in [0.3, 0.4) is 0 Å². The highest BCUT2D eigenvalue weighted by Crippen LogP contribution is 2.16. The van der Waals surface area contributed by atoms with E-state index >= 15 is 0 Å². The molecule has 6 heteroatoms. The molecule has 0 radical (unpaired) electrons. The average molecular weight is 865 g/mol. The van der Waals surface area contributed by atoms with Gasteiger partial charge in [0.1, 0.15) is 13.2 Å². The van der Waals surface area contributed by atoms with Crippen LogP contribution in [0.4, 0.5) is 0 Å². The highest BCUT2D eigenvalue weighted by Gasteiger charge is 2.19.